The van der Waals surface area contributed by atoms with Gasteiger partial charge in [-0.2, -0.15) is 0 Å². The molecule has 0 fully saturated rings. The van der Waals surface area contributed by atoms with E-state index in [2.05, 4.69) is 34.7 Å². The predicted molar refractivity (Wildman–Crippen MR) is 92.1 cm³/mol. The smallest absolute Gasteiger partial charge is 0.190 e. The molecule has 1 rings (SSSR count). The van der Waals surface area contributed by atoms with Crippen LogP contribution in [0.5, 0.6) is 11.5 Å². The second-order valence-corrected chi connectivity index (χ2v) is 4.82. The first-order valence-electron chi connectivity index (χ1n) is 8.08. The highest BCUT2D eigenvalue weighted by atomic mass is 16.5. The van der Waals surface area contributed by atoms with E-state index in [4.69, 9.17) is 9.47 Å². The minimum absolute atomic E-state index is 0.634. The molecule has 124 valence electrons. The third-order valence-electron chi connectivity index (χ3n) is 3.08. The number of guanidine groups is 1. The van der Waals surface area contributed by atoms with Crippen molar-refractivity contribution in [3.05, 3.63) is 23.8 Å². The van der Waals surface area contributed by atoms with Crippen LogP contribution in [-0.4, -0.2) is 39.3 Å². The Hall–Kier alpha value is -1.91. The minimum atomic E-state index is 0.634. The number of rotatable bonds is 9. The Morgan fingerprint density at radius 1 is 1.00 bits per heavy atom. The zero-order chi connectivity index (χ0) is 16.2. The summed E-state index contributed by atoms with van der Waals surface area (Å²) >= 11 is 0. The first-order chi connectivity index (χ1) is 10.7. The van der Waals surface area contributed by atoms with E-state index in [-0.39, 0.29) is 0 Å². The molecule has 0 aliphatic rings. The molecular formula is C17H29N3O2. The lowest BCUT2D eigenvalue weighted by Gasteiger charge is -2.14. The van der Waals surface area contributed by atoms with E-state index in [9.17, 15) is 0 Å². The molecule has 1 aromatic carbocycles. The fourth-order valence-corrected chi connectivity index (χ4v) is 2.04. The van der Waals surface area contributed by atoms with Crippen LogP contribution in [0.3, 0.4) is 0 Å². The summed E-state index contributed by atoms with van der Waals surface area (Å²) in [6.45, 7) is 9.11. The molecule has 0 heterocycles. The van der Waals surface area contributed by atoms with Crippen LogP contribution in [0, 0.1) is 0 Å². The summed E-state index contributed by atoms with van der Waals surface area (Å²) in [6, 6.07) is 6.11. The molecule has 0 saturated carbocycles. The Bertz CT molecular complexity index is 461. The van der Waals surface area contributed by atoms with Gasteiger partial charge in [-0.25, -0.2) is 0 Å². The van der Waals surface area contributed by atoms with Gasteiger partial charge in [0.1, 0.15) is 0 Å². The Kier molecular flexibility index (Phi) is 8.88. The largest absolute Gasteiger partial charge is 0.490 e. The van der Waals surface area contributed by atoms with E-state index in [0.29, 0.717) is 13.2 Å². The average molecular weight is 307 g/mol. The van der Waals surface area contributed by atoms with Gasteiger partial charge in [0.05, 0.1) is 13.2 Å². The summed E-state index contributed by atoms with van der Waals surface area (Å²) in [4.78, 5) is 4.19. The van der Waals surface area contributed by atoms with Gasteiger partial charge < -0.3 is 20.1 Å². The van der Waals surface area contributed by atoms with E-state index in [0.717, 1.165) is 43.4 Å². The van der Waals surface area contributed by atoms with Crippen LogP contribution in [0.15, 0.2) is 23.2 Å². The number of hydrogen-bond acceptors (Lipinski definition) is 3. The zero-order valence-corrected chi connectivity index (χ0v) is 14.2. The fraction of sp³-hybridized carbons (Fsp3) is 0.588. The molecule has 2 N–H and O–H groups in total. The summed E-state index contributed by atoms with van der Waals surface area (Å²) in [7, 11) is 1.79. The maximum Gasteiger partial charge on any atom is 0.190 e. The number of nitrogens with zero attached hydrogens (tertiary/aromatic N) is 1. The summed E-state index contributed by atoms with van der Waals surface area (Å²) in [5.74, 6) is 2.47. The van der Waals surface area contributed by atoms with Gasteiger partial charge in [-0.1, -0.05) is 13.0 Å². The van der Waals surface area contributed by atoms with Crippen molar-refractivity contribution in [1.29, 1.82) is 0 Å². The van der Waals surface area contributed by atoms with Crippen LogP contribution < -0.4 is 20.1 Å². The second-order valence-electron chi connectivity index (χ2n) is 4.82. The van der Waals surface area contributed by atoms with E-state index in [1.807, 2.05) is 19.9 Å². The normalized spacial score (nSPS) is 11.2. The molecule has 0 radical (unpaired) electrons. The van der Waals surface area contributed by atoms with E-state index < -0.39 is 0 Å². The molecular weight excluding hydrogens is 278 g/mol. The highest BCUT2D eigenvalue weighted by molar-refractivity contribution is 5.79. The van der Waals surface area contributed by atoms with Crippen LogP contribution in [0.25, 0.3) is 0 Å². The molecule has 0 spiro atoms. The number of hydrogen-bond donors (Lipinski definition) is 2. The first-order valence-corrected chi connectivity index (χ1v) is 8.08. The van der Waals surface area contributed by atoms with Crippen molar-refractivity contribution >= 4 is 5.96 Å². The first kappa shape index (κ1) is 18.1. The van der Waals surface area contributed by atoms with Crippen molar-refractivity contribution < 1.29 is 9.47 Å². The standard InChI is InChI=1S/C17H29N3O2/c1-5-11-19-17(18-4)20-12-10-14-8-9-15(21-6-2)16(13-14)22-7-3/h8-9,13H,5-7,10-12H2,1-4H3,(H2,18,19,20). The van der Waals surface area contributed by atoms with Crippen molar-refractivity contribution in [3.63, 3.8) is 0 Å². The zero-order valence-electron chi connectivity index (χ0n) is 14.2. The highest BCUT2D eigenvalue weighted by Gasteiger charge is 2.06. The maximum absolute atomic E-state index is 5.65. The molecule has 0 amide bonds. The van der Waals surface area contributed by atoms with Gasteiger partial charge in [-0.05, 0) is 44.4 Å². The summed E-state index contributed by atoms with van der Waals surface area (Å²) in [5, 5.41) is 6.57. The second kappa shape index (κ2) is 10.8. The van der Waals surface area contributed by atoms with E-state index in [1.165, 1.54) is 5.56 Å². The Morgan fingerprint density at radius 2 is 1.68 bits per heavy atom. The molecule has 0 bridgehead atoms. The van der Waals surface area contributed by atoms with E-state index >= 15 is 0 Å². The number of benzene rings is 1. The molecule has 0 unspecified atom stereocenters. The van der Waals surface area contributed by atoms with Crippen molar-refractivity contribution in [1.82, 2.24) is 10.6 Å². The lowest BCUT2D eigenvalue weighted by atomic mass is 10.1. The quantitative estimate of drug-likeness (QED) is 0.544. The predicted octanol–water partition coefficient (Wildman–Crippen LogP) is 2.60. The van der Waals surface area contributed by atoms with Crippen molar-refractivity contribution in [2.24, 2.45) is 4.99 Å². The van der Waals surface area contributed by atoms with Crippen molar-refractivity contribution in [2.75, 3.05) is 33.4 Å². The van der Waals surface area contributed by atoms with Gasteiger partial charge in [-0.3, -0.25) is 4.99 Å². The Labute approximate surface area is 134 Å². The SMILES string of the molecule is CCCNC(=NC)NCCc1ccc(OCC)c(OCC)c1. The fourth-order valence-electron chi connectivity index (χ4n) is 2.04. The lowest BCUT2D eigenvalue weighted by Crippen LogP contribution is -2.38. The van der Waals surface area contributed by atoms with Gasteiger partial charge >= 0.3 is 0 Å². The van der Waals surface area contributed by atoms with Gasteiger partial charge in [-0.15, -0.1) is 0 Å². The van der Waals surface area contributed by atoms with Gasteiger partial charge in [0.15, 0.2) is 17.5 Å². The molecule has 5 heteroatoms. The topological polar surface area (TPSA) is 54.9 Å². The third kappa shape index (κ3) is 6.24. The van der Waals surface area contributed by atoms with Crippen LogP contribution in [0.1, 0.15) is 32.8 Å². The molecule has 5 nitrogen and oxygen atoms in total. The van der Waals surface area contributed by atoms with Gasteiger partial charge in [0.2, 0.25) is 0 Å². The summed E-state index contributed by atoms with van der Waals surface area (Å²) < 4.78 is 11.2. The van der Waals surface area contributed by atoms with Gasteiger partial charge in [0, 0.05) is 20.1 Å². The minimum Gasteiger partial charge on any atom is -0.490 e. The van der Waals surface area contributed by atoms with Crippen molar-refractivity contribution in [3.8, 4) is 11.5 Å². The lowest BCUT2D eigenvalue weighted by molar-refractivity contribution is 0.287. The maximum atomic E-state index is 5.65. The average Bonchev–Trinajstić information content (AvgIpc) is 2.53. The van der Waals surface area contributed by atoms with Crippen LogP contribution >= 0.6 is 0 Å². The third-order valence-corrected chi connectivity index (χ3v) is 3.08. The number of nitrogens with one attached hydrogen (secondary N) is 2. The summed E-state index contributed by atoms with van der Waals surface area (Å²) in [5.41, 5.74) is 1.21. The molecule has 0 aromatic heterocycles. The van der Waals surface area contributed by atoms with Crippen molar-refractivity contribution in [2.45, 2.75) is 33.6 Å². The monoisotopic (exact) mass is 307 g/mol. The molecule has 22 heavy (non-hydrogen) atoms. The molecule has 0 aliphatic carbocycles. The Balaban J connectivity index is 2.56. The molecule has 0 atom stereocenters. The molecule has 0 saturated heterocycles. The highest BCUT2D eigenvalue weighted by Crippen LogP contribution is 2.28. The number of ether oxygens (including phenoxy) is 2. The molecule has 1 aromatic rings. The molecule has 0 aliphatic heterocycles. The van der Waals surface area contributed by atoms with Crippen LogP contribution in [-0.2, 0) is 6.42 Å². The van der Waals surface area contributed by atoms with Crippen LogP contribution in [0.2, 0.25) is 0 Å². The number of aliphatic imine (C=N–C) groups is 1. The van der Waals surface area contributed by atoms with E-state index in [1.54, 1.807) is 7.05 Å². The van der Waals surface area contributed by atoms with Crippen LogP contribution in [0.4, 0.5) is 0 Å². The summed E-state index contributed by atoms with van der Waals surface area (Å²) in [6.07, 6.45) is 1.98. The Morgan fingerprint density at radius 3 is 2.32 bits per heavy atom. The van der Waals surface area contributed by atoms with Gasteiger partial charge in [0.25, 0.3) is 0 Å².